The van der Waals surface area contributed by atoms with Crippen LogP contribution in [0.1, 0.15) is 0 Å². The number of amidine groups is 1. The maximum atomic E-state index is 11.5. The van der Waals surface area contributed by atoms with E-state index in [1.807, 2.05) is 0 Å². The van der Waals surface area contributed by atoms with E-state index in [1.165, 1.54) is 9.80 Å². The number of rotatable bonds is 0. The molecule has 2 aliphatic heterocycles. The van der Waals surface area contributed by atoms with Gasteiger partial charge in [-0.1, -0.05) is 0 Å². The van der Waals surface area contributed by atoms with Crippen LogP contribution in [0.5, 0.6) is 0 Å². The second kappa shape index (κ2) is 3.07. The maximum absolute atomic E-state index is 11.5. The molecule has 76 valence electrons. The summed E-state index contributed by atoms with van der Waals surface area (Å²) in [6.45, 7) is 0.0769. The zero-order valence-electron chi connectivity index (χ0n) is 7.66. The lowest BCUT2D eigenvalue weighted by atomic mass is 10.2. The Balaban J connectivity index is 2.34. The van der Waals surface area contributed by atoms with Crippen LogP contribution in [0, 0.1) is 0 Å². The van der Waals surface area contributed by atoms with E-state index < -0.39 is 12.3 Å². The number of aliphatic hydroxyl groups is 2. The average molecular weight is 197 g/mol. The lowest BCUT2D eigenvalue weighted by Gasteiger charge is -2.35. The molecule has 0 bridgehead atoms. The van der Waals surface area contributed by atoms with E-state index in [-0.39, 0.29) is 12.6 Å². The average Bonchev–Trinajstić information content (AvgIpc) is 2.15. The van der Waals surface area contributed by atoms with Crippen LogP contribution < -0.4 is 0 Å². The van der Waals surface area contributed by atoms with Gasteiger partial charge in [0.15, 0.2) is 6.23 Å². The number of fused-ring (bicyclic) bond motifs is 1. The first kappa shape index (κ1) is 9.17. The molecule has 2 amide bonds. The summed E-state index contributed by atoms with van der Waals surface area (Å²) < 4.78 is 0. The smallest absolute Gasteiger partial charge is 0.329 e. The number of amides is 2. The Bertz CT molecular complexity index is 326. The Morgan fingerprint density at radius 1 is 1.57 bits per heavy atom. The van der Waals surface area contributed by atoms with Crippen molar-refractivity contribution in [2.45, 2.75) is 12.3 Å². The molecule has 0 aliphatic carbocycles. The minimum atomic E-state index is -1.14. The summed E-state index contributed by atoms with van der Waals surface area (Å²) in [5, 5.41) is 18.6. The Kier molecular flexibility index (Phi) is 2.01. The first-order chi connectivity index (χ1) is 6.59. The van der Waals surface area contributed by atoms with E-state index in [0.717, 1.165) is 0 Å². The highest BCUT2D eigenvalue weighted by Crippen LogP contribution is 2.15. The maximum Gasteiger partial charge on any atom is 0.329 e. The number of urea groups is 1. The summed E-state index contributed by atoms with van der Waals surface area (Å²) in [6, 6.07) is -0.253. The van der Waals surface area contributed by atoms with Crippen molar-refractivity contribution in [2.24, 2.45) is 4.99 Å². The highest BCUT2D eigenvalue weighted by molar-refractivity contribution is 6.06. The number of aliphatic imine (C=N–C) groups is 1. The summed E-state index contributed by atoms with van der Waals surface area (Å²) in [6.07, 6.45) is 1.04. The minimum Gasteiger partial charge on any atom is -0.386 e. The van der Waals surface area contributed by atoms with Gasteiger partial charge in [-0.3, -0.25) is 4.90 Å². The molecule has 14 heavy (non-hydrogen) atoms. The number of aliphatic hydroxyl groups excluding tert-OH is 2. The minimum absolute atomic E-state index is 0.0769. The van der Waals surface area contributed by atoms with Crippen LogP contribution in [0.4, 0.5) is 4.79 Å². The fourth-order valence-corrected chi connectivity index (χ4v) is 1.41. The van der Waals surface area contributed by atoms with Gasteiger partial charge < -0.3 is 15.1 Å². The van der Waals surface area contributed by atoms with E-state index >= 15 is 0 Å². The molecule has 2 heterocycles. The van der Waals surface area contributed by atoms with Crippen molar-refractivity contribution in [1.82, 2.24) is 9.80 Å². The molecule has 0 fully saturated rings. The molecule has 2 aliphatic rings. The Hall–Kier alpha value is -1.40. The van der Waals surface area contributed by atoms with Crippen LogP contribution in [0.15, 0.2) is 17.3 Å². The molecule has 6 nitrogen and oxygen atoms in total. The van der Waals surface area contributed by atoms with Gasteiger partial charge in [0.1, 0.15) is 11.9 Å². The van der Waals surface area contributed by atoms with Crippen molar-refractivity contribution >= 4 is 11.9 Å². The zero-order chi connectivity index (χ0) is 10.3. The molecule has 0 saturated carbocycles. The van der Waals surface area contributed by atoms with Gasteiger partial charge in [-0.15, -0.1) is 0 Å². The topological polar surface area (TPSA) is 76.4 Å². The molecule has 0 spiro atoms. The van der Waals surface area contributed by atoms with Crippen molar-refractivity contribution < 1.29 is 15.0 Å². The van der Waals surface area contributed by atoms with Crippen LogP contribution in [-0.4, -0.2) is 57.8 Å². The monoisotopic (exact) mass is 197 g/mol. The molecular formula is C8H11N3O3. The lowest BCUT2D eigenvalue weighted by Crippen LogP contribution is -2.54. The van der Waals surface area contributed by atoms with Gasteiger partial charge in [0.25, 0.3) is 0 Å². The Morgan fingerprint density at radius 2 is 2.29 bits per heavy atom. The second-order valence-corrected chi connectivity index (χ2v) is 3.29. The van der Waals surface area contributed by atoms with Gasteiger partial charge in [-0.2, -0.15) is 0 Å². The summed E-state index contributed by atoms with van der Waals surface area (Å²) in [5.74, 6) is 0.394. The Morgan fingerprint density at radius 3 is 3.00 bits per heavy atom. The molecule has 0 aromatic heterocycles. The van der Waals surface area contributed by atoms with Crippen molar-refractivity contribution in [3.05, 3.63) is 12.3 Å². The Labute approximate surface area is 80.8 Å². The van der Waals surface area contributed by atoms with Crippen LogP contribution in [0.2, 0.25) is 0 Å². The van der Waals surface area contributed by atoms with Crippen LogP contribution in [0.3, 0.4) is 0 Å². The van der Waals surface area contributed by atoms with Crippen molar-refractivity contribution in [3.8, 4) is 0 Å². The van der Waals surface area contributed by atoms with Crippen molar-refractivity contribution in [2.75, 3.05) is 13.6 Å². The standard InChI is InChI=1S/C8H11N3O3/c1-10-3-2-6-9-7(13)5(12)4-11(6)8(10)14/h2-3,5,7,12-13H,4H2,1H3. The second-order valence-electron chi connectivity index (χ2n) is 3.29. The van der Waals surface area contributed by atoms with Gasteiger partial charge in [-0.05, 0) is 6.08 Å². The van der Waals surface area contributed by atoms with E-state index in [1.54, 1.807) is 19.3 Å². The predicted molar refractivity (Wildman–Crippen MR) is 48.5 cm³/mol. The third-order valence-corrected chi connectivity index (χ3v) is 2.23. The number of nitrogens with zero attached hydrogens (tertiary/aromatic N) is 3. The van der Waals surface area contributed by atoms with E-state index in [9.17, 15) is 15.0 Å². The summed E-state index contributed by atoms with van der Waals surface area (Å²) in [7, 11) is 1.62. The molecular weight excluding hydrogens is 186 g/mol. The largest absolute Gasteiger partial charge is 0.386 e. The van der Waals surface area contributed by atoms with Crippen LogP contribution in [-0.2, 0) is 0 Å². The summed E-state index contributed by atoms with van der Waals surface area (Å²) >= 11 is 0. The molecule has 6 heteroatoms. The first-order valence-corrected chi connectivity index (χ1v) is 4.26. The molecule has 2 unspecified atom stereocenters. The third kappa shape index (κ3) is 1.28. The number of hydrogen-bond acceptors (Lipinski definition) is 4. The van der Waals surface area contributed by atoms with Crippen LogP contribution >= 0.6 is 0 Å². The quantitative estimate of drug-likeness (QED) is 0.520. The highest BCUT2D eigenvalue weighted by atomic mass is 16.3. The molecule has 2 rings (SSSR count). The number of carbonyl (C=O) groups is 1. The number of carbonyl (C=O) groups excluding carboxylic acids is 1. The first-order valence-electron chi connectivity index (χ1n) is 4.26. The van der Waals surface area contributed by atoms with E-state index in [4.69, 9.17) is 0 Å². The van der Waals surface area contributed by atoms with Gasteiger partial charge in [0, 0.05) is 13.2 Å². The van der Waals surface area contributed by atoms with E-state index in [0.29, 0.717) is 5.84 Å². The fourth-order valence-electron chi connectivity index (χ4n) is 1.41. The predicted octanol–water partition coefficient (Wildman–Crippen LogP) is -1.04. The molecule has 0 aromatic rings. The van der Waals surface area contributed by atoms with Crippen molar-refractivity contribution in [1.29, 1.82) is 0 Å². The highest BCUT2D eigenvalue weighted by Gasteiger charge is 2.33. The van der Waals surface area contributed by atoms with Crippen molar-refractivity contribution in [3.63, 3.8) is 0 Å². The van der Waals surface area contributed by atoms with Gasteiger partial charge in [-0.25, -0.2) is 9.79 Å². The normalized spacial score (nSPS) is 31.6. The molecule has 0 saturated heterocycles. The molecule has 0 aromatic carbocycles. The lowest BCUT2D eigenvalue weighted by molar-refractivity contribution is 0.00647. The molecule has 0 radical (unpaired) electrons. The zero-order valence-corrected chi connectivity index (χ0v) is 7.66. The number of hydrogen-bond donors (Lipinski definition) is 2. The fraction of sp³-hybridized carbons (Fsp3) is 0.500. The molecule has 2 N–H and O–H groups in total. The third-order valence-electron chi connectivity index (χ3n) is 2.23. The van der Waals surface area contributed by atoms with Gasteiger partial charge in [0.05, 0.1) is 6.54 Å². The van der Waals surface area contributed by atoms with E-state index in [2.05, 4.69) is 4.99 Å². The summed E-state index contributed by atoms with van der Waals surface area (Å²) in [4.78, 5) is 18.0. The molecule has 2 atom stereocenters. The van der Waals surface area contributed by atoms with Gasteiger partial charge in [0.2, 0.25) is 0 Å². The summed E-state index contributed by atoms with van der Waals surface area (Å²) in [5.41, 5.74) is 0. The SMILES string of the molecule is CN1C=CC2=NC(O)C(O)CN2C1=O. The van der Waals surface area contributed by atoms with Gasteiger partial charge >= 0.3 is 6.03 Å². The van der Waals surface area contributed by atoms with Crippen LogP contribution in [0.25, 0.3) is 0 Å².